The van der Waals surface area contributed by atoms with Crippen LogP contribution in [0, 0.1) is 0 Å². The highest BCUT2D eigenvalue weighted by molar-refractivity contribution is 5.98. The fourth-order valence-electron chi connectivity index (χ4n) is 3.85. The quantitative estimate of drug-likeness (QED) is 0.171. The first-order valence-corrected chi connectivity index (χ1v) is 10.9. The second-order valence-electron chi connectivity index (χ2n) is 7.56. The third-order valence-corrected chi connectivity index (χ3v) is 5.36. The van der Waals surface area contributed by atoms with Gasteiger partial charge in [0.2, 0.25) is 0 Å². The summed E-state index contributed by atoms with van der Waals surface area (Å²) in [6.45, 7) is 0.376. The van der Waals surface area contributed by atoms with E-state index in [-0.39, 0.29) is 5.97 Å². The zero-order valence-electron chi connectivity index (χ0n) is 18.0. The van der Waals surface area contributed by atoms with Crippen molar-refractivity contribution in [1.29, 1.82) is 0 Å². The van der Waals surface area contributed by atoms with Crippen molar-refractivity contribution >= 4 is 17.1 Å². The van der Waals surface area contributed by atoms with Gasteiger partial charge in [0, 0.05) is 0 Å². The Kier molecular flexibility index (Phi) is 7.28. The van der Waals surface area contributed by atoms with Crippen LogP contribution in [0.15, 0.2) is 121 Å². The summed E-state index contributed by atoms with van der Waals surface area (Å²) in [5.41, 5.74) is 6.59. The van der Waals surface area contributed by atoms with Gasteiger partial charge in [0.25, 0.3) is 0 Å². The van der Waals surface area contributed by atoms with Gasteiger partial charge >= 0.3 is 5.97 Å². The Morgan fingerprint density at radius 3 is 1.41 bits per heavy atom. The Labute approximate surface area is 189 Å². The first-order valence-electron chi connectivity index (χ1n) is 10.9. The van der Waals surface area contributed by atoms with Gasteiger partial charge in [-0.2, -0.15) is 0 Å². The van der Waals surface area contributed by atoms with Crippen LogP contribution in [0.25, 0.3) is 11.1 Å². The maximum absolute atomic E-state index is 12.3. The summed E-state index contributed by atoms with van der Waals surface area (Å²) in [4.78, 5) is 12.3. The van der Waals surface area contributed by atoms with Crippen LogP contribution in [-0.4, -0.2) is 12.6 Å². The van der Waals surface area contributed by atoms with Crippen molar-refractivity contribution in [3.8, 4) is 0 Å². The highest BCUT2D eigenvalue weighted by atomic mass is 16.5. The monoisotopic (exact) mass is 418 g/mol. The summed E-state index contributed by atoms with van der Waals surface area (Å²) in [7, 11) is 0. The number of rotatable bonds is 8. The van der Waals surface area contributed by atoms with E-state index >= 15 is 0 Å². The molecule has 0 atom stereocenters. The average Bonchev–Trinajstić information content (AvgIpc) is 2.88. The molecule has 4 aromatic rings. The fraction of sp³-hybridized carbons (Fsp3) is 0.100. The predicted octanol–water partition coefficient (Wildman–Crippen LogP) is 7.28. The van der Waals surface area contributed by atoms with Crippen LogP contribution >= 0.6 is 0 Å². The number of carbonyl (C=O) groups excluding carboxylic acids is 1. The molecule has 0 radical (unpaired) electrons. The molecule has 4 rings (SSSR count). The van der Waals surface area contributed by atoms with Crippen molar-refractivity contribution in [1.82, 2.24) is 0 Å². The molecule has 0 unspecified atom stereocenters. The molecule has 158 valence electrons. The standard InChI is InChI=1S/C30H26O2/c31-30(27-20-11-4-12-21-27)32-23-13-22-28(24-14-5-1-6-15-24)29(25-16-7-2-8-17-25)26-18-9-3-10-19-26/h1-12,14-21H,13,22-23H2. The molecule has 0 saturated carbocycles. The lowest BCUT2D eigenvalue weighted by molar-refractivity contribution is 0.0502. The number of esters is 1. The zero-order chi connectivity index (χ0) is 22.0. The summed E-state index contributed by atoms with van der Waals surface area (Å²) in [6, 6.07) is 40.6. The van der Waals surface area contributed by atoms with Gasteiger partial charge in [-0.15, -0.1) is 0 Å². The third-order valence-electron chi connectivity index (χ3n) is 5.36. The van der Waals surface area contributed by atoms with Crippen molar-refractivity contribution in [2.24, 2.45) is 0 Å². The minimum atomic E-state index is -0.276. The van der Waals surface area contributed by atoms with Gasteiger partial charge in [-0.25, -0.2) is 4.79 Å². The summed E-state index contributed by atoms with van der Waals surface area (Å²) >= 11 is 0. The molecule has 2 nitrogen and oxygen atoms in total. The second kappa shape index (κ2) is 10.9. The molecule has 0 aliphatic carbocycles. The maximum Gasteiger partial charge on any atom is 0.338 e. The van der Waals surface area contributed by atoms with Crippen LogP contribution in [-0.2, 0) is 4.74 Å². The van der Waals surface area contributed by atoms with Crippen molar-refractivity contribution < 1.29 is 9.53 Å². The summed E-state index contributed by atoms with van der Waals surface area (Å²) in [5, 5.41) is 0. The fourth-order valence-corrected chi connectivity index (χ4v) is 3.85. The minimum Gasteiger partial charge on any atom is -0.462 e. The molecule has 0 heterocycles. The van der Waals surface area contributed by atoms with Crippen LogP contribution in [0.3, 0.4) is 0 Å². The van der Waals surface area contributed by atoms with Gasteiger partial charge in [-0.1, -0.05) is 109 Å². The topological polar surface area (TPSA) is 26.3 Å². The molecule has 0 N–H and O–H groups in total. The van der Waals surface area contributed by atoms with Gasteiger partial charge < -0.3 is 4.74 Å². The van der Waals surface area contributed by atoms with Crippen molar-refractivity contribution in [2.45, 2.75) is 12.8 Å². The molecule has 0 spiro atoms. The molecular formula is C30H26O2. The predicted molar refractivity (Wildman–Crippen MR) is 131 cm³/mol. The molecule has 0 aliphatic rings. The Bertz CT molecular complexity index is 1110. The minimum absolute atomic E-state index is 0.276. The molecule has 0 bridgehead atoms. The Balaban J connectivity index is 1.63. The molecule has 0 saturated heterocycles. The lowest BCUT2D eigenvalue weighted by atomic mass is 9.87. The zero-order valence-corrected chi connectivity index (χ0v) is 18.0. The van der Waals surface area contributed by atoms with E-state index in [9.17, 15) is 4.79 Å². The Hall–Kier alpha value is -3.91. The van der Waals surface area contributed by atoms with Gasteiger partial charge in [0.1, 0.15) is 0 Å². The van der Waals surface area contributed by atoms with Gasteiger partial charge in [0.15, 0.2) is 0 Å². The first-order chi connectivity index (χ1) is 15.8. The Morgan fingerprint density at radius 1 is 0.531 bits per heavy atom. The largest absolute Gasteiger partial charge is 0.462 e. The molecule has 0 amide bonds. The molecular weight excluding hydrogens is 392 g/mol. The molecule has 32 heavy (non-hydrogen) atoms. The van der Waals surface area contributed by atoms with Gasteiger partial charge in [0.05, 0.1) is 12.2 Å². The number of hydrogen-bond acceptors (Lipinski definition) is 2. The van der Waals surface area contributed by atoms with E-state index in [4.69, 9.17) is 4.74 Å². The number of benzene rings is 4. The molecule has 2 heteroatoms. The van der Waals surface area contributed by atoms with E-state index in [2.05, 4.69) is 72.8 Å². The number of allylic oxidation sites excluding steroid dienone is 1. The molecule has 4 aromatic carbocycles. The van der Waals surface area contributed by atoms with E-state index in [1.165, 1.54) is 27.8 Å². The highest BCUT2D eigenvalue weighted by Crippen LogP contribution is 2.35. The highest BCUT2D eigenvalue weighted by Gasteiger charge is 2.14. The molecule has 0 fully saturated rings. The maximum atomic E-state index is 12.3. The van der Waals surface area contributed by atoms with Gasteiger partial charge in [-0.3, -0.25) is 0 Å². The number of ether oxygens (including phenoxy) is 1. The number of carbonyl (C=O) groups is 1. The first kappa shape index (κ1) is 21.3. The van der Waals surface area contributed by atoms with Crippen LogP contribution in [0.4, 0.5) is 0 Å². The normalized spacial score (nSPS) is 10.4. The summed E-state index contributed by atoms with van der Waals surface area (Å²) in [6.07, 6.45) is 1.54. The summed E-state index contributed by atoms with van der Waals surface area (Å²) < 4.78 is 5.54. The van der Waals surface area contributed by atoms with Crippen LogP contribution < -0.4 is 0 Å². The van der Waals surface area contributed by atoms with Crippen LogP contribution in [0.1, 0.15) is 39.9 Å². The Morgan fingerprint density at radius 2 is 0.938 bits per heavy atom. The SMILES string of the molecule is O=C(OCCCC(=C(c1ccccc1)c1ccccc1)c1ccccc1)c1ccccc1. The summed E-state index contributed by atoms with van der Waals surface area (Å²) in [5.74, 6) is -0.276. The molecule has 0 aliphatic heterocycles. The average molecular weight is 419 g/mol. The van der Waals surface area contributed by atoms with Crippen LogP contribution in [0.2, 0.25) is 0 Å². The second-order valence-corrected chi connectivity index (χ2v) is 7.56. The lowest BCUT2D eigenvalue weighted by Crippen LogP contribution is -2.06. The lowest BCUT2D eigenvalue weighted by Gasteiger charge is -2.17. The van der Waals surface area contributed by atoms with Crippen molar-refractivity contribution in [3.05, 3.63) is 144 Å². The van der Waals surface area contributed by atoms with Crippen molar-refractivity contribution in [2.75, 3.05) is 6.61 Å². The van der Waals surface area contributed by atoms with Crippen LogP contribution in [0.5, 0.6) is 0 Å². The third kappa shape index (κ3) is 5.41. The van der Waals surface area contributed by atoms with Gasteiger partial charge in [-0.05, 0) is 52.8 Å². The van der Waals surface area contributed by atoms with E-state index in [0.29, 0.717) is 12.2 Å². The van der Waals surface area contributed by atoms with Crippen molar-refractivity contribution in [3.63, 3.8) is 0 Å². The van der Waals surface area contributed by atoms with E-state index in [1.54, 1.807) is 12.1 Å². The van der Waals surface area contributed by atoms with E-state index in [1.807, 2.05) is 36.4 Å². The number of hydrogen-bond donors (Lipinski definition) is 0. The smallest absolute Gasteiger partial charge is 0.338 e. The van der Waals surface area contributed by atoms with E-state index in [0.717, 1.165) is 12.8 Å². The molecule has 0 aromatic heterocycles. The van der Waals surface area contributed by atoms with E-state index < -0.39 is 0 Å².